The summed E-state index contributed by atoms with van der Waals surface area (Å²) in [5, 5.41) is 0.646. The number of amides is 1. The van der Waals surface area contributed by atoms with E-state index in [1.54, 1.807) is 24.3 Å². The molecular weight excluding hydrogens is 300 g/mol. The number of aromatic nitrogens is 2. The van der Waals surface area contributed by atoms with Crippen molar-refractivity contribution in [1.29, 1.82) is 0 Å². The molecule has 0 bridgehead atoms. The summed E-state index contributed by atoms with van der Waals surface area (Å²) in [6.45, 7) is 6.02. The maximum absolute atomic E-state index is 12.5. The van der Waals surface area contributed by atoms with Crippen molar-refractivity contribution in [3.05, 3.63) is 47.2 Å². The average Bonchev–Trinajstić information content (AvgIpc) is 3.04. The molecule has 0 saturated carbocycles. The molecule has 0 unspecified atom stereocenters. The van der Waals surface area contributed by atoms with Gasteiger partial charge in [-0.15, -0.1) is 0 Å². The van der Waals surface area contributed by atoms with Gasteiger partial charge in [0.2, 0.25) is 5.95 Å². The van der Waals surface area contributed by atoms with Crippen molar-refractivity contribution in [2.45, 2.75) is 13.5 Å². The Balaban J connectivity index is 1.64. The highest BCUT2D eigenvalue weighted by atomic mass is 35.5. The third-order valence-corrected chi connectivity index (χ3v) is 4.23. The van der Waals surface area contributed by atoms with Gasteiger partial charge in [0, 0.05) is 55.7 Å². The van der Waals surface area contributed by atoms with Crippen LogP contribution in [0.25, 0.3) is 0 Å². The zero-order chi connectivity index (χ0) is 15.5. The second kappa shape index (κ2) is 6.40. The minimum absolute atomic E-state index is 0.0650. The molecule has 5 nitrogen and oxygen atoms in total. The van der Waals surface area contributed by atoms with Gasteiger partial charge >= 0.3 is 0 Å². The number of nitrogens with zero attached hydrogens (tertiary/aromatic N) is 4. The second-order valence-electron chi connectivity index (χ2n) is 5.30. The highest BCUT2D eigenvalue weighted by Gasteiger charge is 2.24. The standard InChI is InChI=1S/C16H19ClN4O/c1-2-19-8-7-18-16(19)21-11-9-20(10-12-21)15(22)13-3-5-14(17)6-4-13/h3-8H,2,9-12H2,1H3. The Kier molecular flexibility index (Phi) is 4.34. The summed E-state index contributed by atoms with van der Waals surface area (Å²) in [7, 11) is 0. The number of halogens is 1. The largest absolute Gasteiger partial charge is 0.339 e. The summed E-state index contributed by atoms with van der Waals surface area (Å²) in [6, 6.07) is 7.06. The zero-order valence-electron chi connectivity index (χ0n) is 12.6. The molecule has 0 spiro atoms. The second-order valence-corrected chi connectivity index (χ2v) is 5.74. The first-order valence-electron chi connectivity index (χ1n) is 7.50. The summed E-state index contributed by atoms with van der Waals surface area (Å²) >= 11 is 5.87. The van der Waals surface area contributed by atoms with Crippen LogP contribution in [0.15, 0.2) is 36.7 Å². The first-order valence-corrected chi connectivity index (χ1v) is 7.87. The highest BCUT2D eigenvalue weighted by molar-refractivity contribution is 6.30. The van der Waals surface area contributed by atoms with Crippen LogP contribution >= 0.6 is 11.6 Å². The van der Waals surface area contributed by atoms with E-state index in [2.05, 4.69) is 21.4 Å². The van der Waals surface area contributed by atoms with Crippen LogP contribution < -0.4 is 4.90 Å². The van der Waals surface area contributed by atoms with Gasteiger partial charge in [-0.1, -0.05) is 11.6 Å². The summed E-state index contributed by atoms with van der Waals surface area (Å²) in [6.07, 6.45) is 3.81. The van der Waals surface area contributed by atoms with E-state index in [1.807, 2.05) is 17.3 Å². The number of imidazole rings is 1. The normalized spacial score (nSPS) is 15.2. The molecule has 22 heavy (non-hydrogen) atoms. The van der Waals surface area contributed by atoms with Gasteiger partial charge in [-0.05, 0) is 31.2 Å². The maximum Gasteiger partial charge on any atom is 0.253 e. The third kappa shape index (κ3) is 2.95. The number of rotatable bonds is 3. The SMILES string of the molecule is CCn1ccnc1N1CCN(C(=O)c2ccc(Cl)cc2)CC1. The number of anilines is 1. The molecule has 2 heterocycles. The molecule has 1 aliphatic rings. The van der Waals surface area contributed by atoms with E-state index in [-0.39, 0.29) is 5.91 Å². The number of benzene rings is 1. The Bertz CT molecular complexity index is 644. The third-order valence-electron chi connectivity index (χ3n) is 3.98. The van der Waals surface area contributed by atoms with Gasteiger partial charge in [0.05, 0.1) is 0 Å². The smallest absolute Gasteiger partial charge is 0.253 e. The molecule has 0 aliphatic carbocycles. The fourth-order valence-corrected chi connectivity index (χ4v) is 2.84. The molecule has 1 fully saturated rings. The van der Waals surface area contributed by atoms with Gasteiger partial charge in [0.1, 0.15) is 0 Å². The summed E-state index contributed by atoms with van der Waals surface area (Å²) in [4.78, 5) is 21.0. The van der Waals surface area contributed by atoms with Crippen LogP contribution in [-0.2, 0) is 6.54 Å². The van der Waals surface area contributed by atoms with Crippen LogP contribution in [0.1, 0.15) is 17.3 Å². The van der Waals surface area contributed by atoms with Crippen molar-refractivity contribution in [3.8, 4) is 0 Å². The van der Waals surface area contributed by atoms with E-state index >= 15 is 0 Å². The Labute approximate surface area is 135 Å². The molecule has 2 aromatic rings. The van der Waals surface area contributed by atoms with E-state index in [4.69, 9.17) is 11.6 Å². The predicted octanol–water partition coefficient (Wildman–Crippen LogP) is 2.52. The molecule has 6 heteroatoms. The monoisotopic (exact) mass is 318 g/mol. The molecule has 1 amide bonds. The fraction of sp³-hybridized carbons (Fsp3) is 0.375. The van der Waals surface area contributed by atoms with Crippen molar-refractivity contribution in [3.63, 3.8) is 0 Å². The van der Waals surface area contributed by atoms with E-state index in [1.165, 1.54) is 0 Å². The predicted molar refractivity (Wildman–Crippen MR) is 87.5 cm³/mol. The van der Waals surface area contributed by atoms with Gasteiger partial charge in [-0.2, -0.15) is 0 Å². The summed E-state index contributed by atoms with van der Waals surface area (Å²) in [5.74, 6) is 1.05. The van der Waals surface area contributed by atoms with Gasteiger partial charge in [-0.3, -0.25) is 4.79 Å². The number of hydrogen-bond acceptors (Lipinski definition) is 3. The lowest BCUT2D eigenvalue weighted by molar-refractivity contribution is 0.0746. The lowest BCUT2D eigenvalue weighted by atomic mass is 10.2. The zero-order valence-corrected chi connectivity index (χ0v) is 13.3. The number of carbonyl (C=O) groups excluding carboxylic acids is 1. The van der Waals surface area contributed by atoms with Gasteiger partial charge < -0.3 is 14.4 Å². The van der Waals surface area contributed by atoms with Crippen LogP contribution in [0, 0.1) is 0 Å². The minimum atomic E-state index is 0.0650. The molecule has 1 aromatic carbocycles. The minimum Gasteiger partial charge on any atom is -0.339 e. The van der Waals surface area contributed by atoms with Crippen LogP contribution in [0.2, 0.25) is 5.02 Å². The molecule has 0 atom stereocenters. The quantitative estimate of drug-likeness (QED) is 0.873. The molecule has 0 N–H and O–H groups in total. The Morgan fingerprint density at radius 2 is 1.86 bits per heavy atom. The van der Waals surface area contributed by atoms with E-state index in [9.17, 15) is 4.79 Å². The molecule has 1 saturated heterocycles. The van der Waals surface area contributed by atoms with E-state index < -0.39 is 0 Å². The van der Waals surface area contributed by atoms with E-state index in [0.717, 1.165) is 25.6 Å². The molecule has 1 aliphatic heterocycles. The van der Waals surface area contributed by atoms with Crippen LogP contribution in [0.5, 0.6) is 0 Å². The maximum atomic E-state index is 12.5. The average molecular weight is 319 g/mol. The molecule has 0 radical (unpaired) electrons. The number of aryl methyl sites for hydroxylation is 1. The Morgan fingerprint density at radius 1 is 1.18 bits per heavy atom. The summed E-state index contributed by atoms with van der Waals surface area (Å²) in [5.41, 5.74) is 0.688. The molecule has 116 valence electrons. The lowest BCUT2D eigenvalue weighted by Crippen LogP contribution is -2.49. The van der Waals surface area contributed by atoms with Gasteiger partial charge in [0.25, 0.3) is 5.91 Å². The fourth-order valence-electron chi connectivity index (χ4n) is 2.72. The Hall–Kier alpha value is -2.01. The number of carbonyl (C=O) groups is 1. The van der Waals surface area contributed by atoms with Crippen molar-refractivity contribution < 1.29 is 4.79 Å². The first-order chi connectivity index (χ1) is 10.7. The summed E-state index contributed by atoms with van der Waals surface area (Å²) < 4.78 is 2.12. The van der Waals surface area contributed by atoms with Crippen molar-refractivity contribution in [2.24, 2.45) is 0 Å². The topological polar surface area (TPSA) is 41.4 Å². The molecule has 1 aromatic heterocycles. The van der Waals surface area contributed by atoms with Crippen LogP contribution in [-0.4, -0.2) is 46.5 Å². The van der Waals surface area contributed by atoms with Crippen molar-refractivity contribution in [2.75, 3.05) is 31.1 Å². The van der Waals surface area contributed by atoms with Crippen molar-refractivity contribution >= 4 is 23.5 Å². The van der Waals surface area contributed by atoms with Crippen LogP contribution in [0.3, 0.4) is 0 Å². The van der Waals surface area contributed by atoms with Gasteiger partial charge in [-0.25, -0.2) is 4.98 Å². The first kappa shape index (κ1) is 14.9. The van der Waals surface area contributed by atoms with E-state index in [0.29, 0.717) is 23.7 Å². The highest BCUT2D eigenvalue weighted by Crippen LogP contribution is 2.16. The van der Waals surface area contributed by atoms with Crippen LogP contribution in [0.4, 0.5) is 5.95 Å². The van der Waals surface area contributed by atoms with Crippen molar-refractivity contribution in [1.82, 2.24) is 14.5 Å². The molecule has 3 rings (SSSR count). The van der Waals surface area contributed by atoms with Gasteiger partial charge in [0.15, 0.2) is 0 Å². The number of piperazine rings is 1. The number of hydrogen-bond donors (Lipinski definition) is 0. The Morgan fingerprint density at radius 3 is 2.50 bits per heavy atom. The molecular formula is C16H19ClN4O. The lowest BCUT2D eigenvalue weighted by Gasteiger charge is -2.35.